The van der Waals surface area contributed by atoms with Gasteiger partial charge in [-0.05, 0) is 36.8 Å². The van der Waals surface area contributed by atoms with Gasteiger partial charge in [-0.15, -0.1) is 0 Å². The van der Waals surface area contributed by atoms with Crippen molar-refractivity contribution in [2.24, 2.45) is 0 Å². The molecule has 1 heterocycles. The fraction of sp³-hybridized carbons (Fsp3) is 0.333. The lowest BCUT2D eigenvalue weighted by molar-refractivity contribution is -0.122. The first-order chi connectivity index (χ1) is 10.1. The van der Waals surface area contributed by atoms with Crippen LogP contribution >= 0.6 is 12.2 Å². The molecule has 0 atom stereocenters. The van der Waals surface area contributed by atoms with Gasteiger partial charge < -0.3 is 14.8 Å². The van der Waals surface area contributed by atoms with E-state index < -0.39 is 0 Å². The summed E-state index contributed by atoms with van der Waals surface area (Å²) in [4.78, 5) is 13.8. The largest absolute Gasteiger partial charge is 0.497 e. The Labute approximate surface area is 129 Å². The van der Waals surface area contributed by atoms with E-state index in [4.69, 9.17) is 21.7 Å². The molecule has 1 N–H and O–H groups in total. The lowest BCUT2D eigenvalue weighted by Gasteiger charge is -2.11. The van der Waals surface area contributed by atoms with E-state index in [-0.39, 0.29) is 5.91 Å². The van der Waals surface area contributed by atoms with E-state index in [9.17, 15) is 4.79 Å². The molecule has 0 bridgehead atoms. The number of hydrogen-bond donors (Lipinski definition) is 1. The molecule has 0 saturated carbocycles. The minimum atomic E-state index is -0.111. The van der Waals surface area contributed by atoms with Gasteiger partial charge in [0.15, 0.2) is 5.11 Å². The second kappa shape index (κ2) is 6.58. The van der Waals surface area contributed by atoms with E-state index in [0.717, 1.165) is 12.0 Å². The predicted molar refractivity (Wildman–Crippen MR) is 85.3 cm³/mol. The molecule has 21 heavy (non-hydrogen) atoms. The number of methoxy groups -OCH3 is 2. The molecule has 1 amide bonds. The minimum Gasteiger partial charge on any atom is -0.497 e. The predicted octanol–water partition coefficient (Wildman–Crippen LogP) is 2.17. The quantitative estimate of drug-likeness (QED) is 0.667. The molecule has 0 spiro atoms. The van der Waals surface area contributed by atoms with Gasteiger partial charge in [0.25, 0.3) is 5.91 Å². The Kier molecular flexibility index (Phi) is 4.80. The topological polar surface area (TPSA) is 50.8 Å². The highest BCUT2D eigenvalue weighted by Gasteiger charge is 2.29. The maximum atomic E-state index is 12.3. The van der Waals surface area contributed by atoms with E-state index in [2.05, 4.69) is 5.32 Å². The zero-order chi connectivity index (χ0) is 15.4. The number of nitrogens with zero attached hydrogens (tertiary/aromatic N) is 1. The van der Waals surface area contributed by atoms with Crippen LogP contribution in [0.5, 0.6) is 11.5 Å². The Morgan fingerprint density at radius 2 is 2.10 bits per heavy atom. The number of rotatable bonds is 5. The summed E-state index contributed by atoms with van der Waals surface area (Å²) >= 11 is 5.18. The van der Waals surface area contributed by atoms with E-state index in [1.165, 1.54) is 0 Å². The summed E-state index contributed by atoms with van der Waals surface area (Å²) in [7, 11) is 3.17. The summed E-state index contributed by atoms with van der Waals surface area (Å²) in [5.74, 6) is 1.22. The van der Waals surface area contributed by atoms with Gasteiger partial charge in [0.2, 0.25) is 0 Å². The van der Waals surface area contributed by atoms with Crippen LogP contribution in [-0.4, -0.2) is 36.7 Å². The molecule has 1 aromatic rings. The first-order valence-corrected chi connectivity index (χ1v) is 7.08. The highest BCUT2D eigenvalue weighted by molar-refractivity contribution is 7.80. The molecule has 1 aliphatic heterocycles. The third-order valence-corrected chi connectivity index (χ3v) is 3.47. The zero-order valence-corrected chi connectivity index (χ0v) is 13.1. The number of carbonyl (C=O) groups is 1. The Hall–Kier alpha value is -2.08. The molecule has 2 rings (SSSR count). The summed E-state index contributed by atoms with van der Waals surface area (Å²) in [5.41, 5.74) is 1.24. The van der Waals surface area contributed by atoms with Crippen LogP contribution in [0.2, 0.25) is 0 Å². The molecule has 5 nitrogen and oxygen atoms in total. The van der Waals surface area contributed by atoms with Crippen molar-refractivity contribution < 1.29 is 14.3 Å². The Morgan fingerprint density at radius 1 is 1.33 bits per heavy atom. The SMILES string of the molecule is CCCN1C(=O)/C(=C\c2ccc(OC)cc2OC)NC1=S. The van der Waals surface area contributed by atoms with Crippen molar-refractivity contribution in [2.75, 3.05) is 20.8 Å². The smallest absolute Gasteiger partial charge is 0.276 e. The monoisotopic (exact) mass is 306 g/mol. The lowest BCUT2D eigenvalue weighted by atomic mass is 10.1. The van der Waals surface area contributed by atoms with Gasteiger partial charge in [0.1, 0.15) is 17.2 Å². The number of thiocarbonyl (C=S) groups is 1. The molecule has 1 aromatic carbocycles. The number of amides is 1. The van der Waals surface area contributed by atoms with Crippen molar-refractivity contribution >= 4 is 29.3 Å². The first-order valence-electron chi connectivity index (χ1n) is 6.67. The maximum Gasteiger partial charge on any atom is 0.276 e. The van der Waals surface area contributed by atoms with E-state index >= 15 is 0 Å². The van der Waals surface area contributed by atoms with Crippen LogP contribution in [-0.2, 0) is 4.79 Å². The van der Waals surface area contributed by atoms with Crippen LogP contribution < -0.4 is 14.8 Å². The van der Waals surface area contributed by atoms with Gasteiger partial charge in [0.05, 0.1) is 14.2 Å². The fourth-order valence-electron chi connectivity index (χ4n) is 2.09. The lowest BCUT2D eigenvalue weighted by Crippen LogP contribution is -2.31. The Balaban J connectivity index is 2.32. The molecular formula is C15H18N2O3S. The van der Waals surface area contributed by atoms with Crippen LogP contribution in [0, 0.1) is 0 Å². The molecule has 112 valence electrons. The molecule has 0 aromatic heterocycles. The van der Waals surface area contributed by atoms with Crippen LogP contribution in [0.3, 0.4) is 0 Å². The van der Waals surface area contributed by atoms with E-state index in [0.29, 0.717) is 28.9 Å². The summed E-state index contributed by atoms with van der Waals surface area (Å²) in [6.45, 7) is 2.62. The minimum absolute atomic E-state index is 0.111. The van der Waals surface area contributed by atoms with Crippen molar-refractivity contribution in [1.82, 2.24) is 10.2 Å². The third kappa shape index (κ3) is 3.16. The highest BCUT2D eigenvalue weighted by atomic mass is 32.1. The first kappa shape index (κ1) is 15.3. The molecule has 1 fully saturated rings. The maximum absolute atomic E-state index is 12.3. The van der Waals surface area contributed by atoms with Gasteiger partial charge >= 0.3 is 0 Å². The van der Waals surface area contributed by atoms with Gasteiger partial charge in [-0.1, -0.05) is 6.92 Å². The molecule has 1 saturated heterocycles. The summed E-state index contributed by atoms with van der Waals surface area (Å²) in [6, 6.07) is 5.43. The van der Waals surface area contributed by atoms with Gasteiger partial charge in [-0.3, -0.25) is 9.69 Å². The van der Waals surface area contributed by atoms with Crippen LogP contribution in [0.15, 0.2) is 23.9 Å². The van der Waals surface area contributed by atoms with Crippen LogP contribution in [0.1, 0.15) is 18.9 Å². The Bertz CT molecular complexity index is 599. The number of benzene rings is 1. The Morgan fingerprint density at radius 3 is 2.71 bits per heavy atom. The number of hydrogen-bond acceptors (Lipinski definition) is 4. The number of nitrogens with one attached hydrogen (secondary N) is 1. The van der Waals surface area contributed by atoms with Crippen molar-refractivity contribution in [1.29, 1.82) is 0 Å². The molecule has 0 radical (unpaired) electrons. The standard InChI is InChI=1S/C15H18N2O3S/c1-4-7-17-14(18)12(16-15(17)21)8-10-5-6-11(19-2)9-13(10)20-3/h5-6,8-9H,4,7H2,1-3H3,(H,16,21)/b12-8+. The summed E-state index contributed by atoms with van der Waals surface area (Å²) in [5, 5.41) is 3.39. The fourth-order valence-corrected chi connectivity index (χ4v) is 2.38. The van der Waals surface area contributed by atoms with E-state index in [1.807, 2.05) is 19.1 Å². The van der Waals surface area contributed by atoms with Crippen molar-refractivity contribution in [3.05, 3.63) is 29.5 Å². The van der Waals surface area contributed by atoms with Crippen LogP contribution in [0.4, 0.5) is 0 Å². The second-order valence-electron chi connectivity index (χ2n) is 4.55. The van der Waals surface area contributed by atoms with Gasteiger partial charge in [-0.2, -0.15) is 0 Å². The van der Waals surface area contributed by atoms with Crippen LogP contribution in [0.25, 0.3) is 6.08 Å². The summed E-state index contributed by atoms with van der Waals surface area (Å²) in [6.07, 6.45) is 2.59. The number of carbonyl (C=O) groups excluding carboxylic acids is 1. The van der Waals surface area contributed by atoms with Crippen molar-refractivity contribution in [2.45, 2.75) is 13.3 Å². The van der Waals surface area contributed by atoms with E-state index in [1.54, 1.807) is 31.3 Å². The summed E-state index contributed by atoms with van der Waals surface area (Å²) < 4.78 is 10.5. The molecular weight excluding hydrogens is 288 g/mol. The second-order valence-corrected chi connectivity index (χ2v) is 4.94. The average Bonchev–Trinajstić information content (AvgIpc) is 2.75. The normalized spacial score (nSPS) is 16.3. The van der Waals surface area contributed by atoms with Gasteiger partial charge in [-0.25, -0.2) is 0 Å². The third-order valence-electron chi connectivity index (χ3n) is 3.15. The zero-order valence-electron chi connectivity index (χ0n) is 12.3. The highest BCUT2D eigenvalue weighted by Crippen LogP contribution is 2.27. The molecule has 6 heteroatoms. The molecule has 0 unspecified atom stereocenters. The number of ether oxygens (including phenoxy) is 2. The van der Waals surface area contributed by atoms with Gasteiger partial charge in [0, 0.05) is 18.2 Å². The molecule has 0 aliphatic carbocycles. The molecule has 1 aliphatic rings. The van der Waals surface area contributed by atoms with Crippen molar-refractivity contribution in [3.8, 4) is 11.5 Å². The van der Waals surface area contributed by atoms with Crippen molar-refractivity contribution in [3.63, 3.8) is 0 Å². The average molecular weight is 306 g/mol.